The van der Waals surface area contributed by atoms with E-state index in [1.807, 2.05) is 6.92 Å². The van der Waals surface area contributed by atoms with Gasteiger partial charge in [-0.2, -0.15) is 4.31 Å². The van der Waals surface area contributed by atoms with Gasteiger partial charge >= 0.3 is 0 Å². The smallest absolute Gasteiger partial charge is 0.270 e. The number of carbonyl (C=O) groups excluding carboxylic acids is 1. The summed E-state index contributed by atoms with van der Waals surface area (Å²) in [7, 11) is -3.82. The number of aryl methyl sites for hydroxylation is 1. The van der Waals surface area contributed by atoms with Gasteiger partial charge in [-0.25, -0.2) is 8.42 Å². The van der Waals surface area contributed by atoms with Gasteiger partial charge in [0.15, 0.2) is 0 Å². The molecule has 1 aliphatic rings. The first-order chi connectivity index (χ1) is 11.8. The highest BCUT2D eigenvalue weighted by Crippen LogP contribution is 2.28. The maximum absolute atomic E-state index is 12.8. The first-order valence-corrected chi connectivity index (χ1v) is 9.74. The van der Waals surface area contributed by atoms with E-state index in [0.29, 0.717) is 24.9 Å². The molecule has 0 spiro atoms. The topological polar surface area (TPSA) is 110 Å². The van der Waals surface area contributed by atoms with Crippen molar-refractivity contribution < 1.29 is 18.1 Å². The van der Waals surface area contributed by atoms with Crippen molar-refractivity contribution in [3.63, 3.8) is 0 Å². The second-order valence-electron chi connectivity index (χ2n) is 6.18. The van der Waals surface area contributed by atoms with Gasteiger partial charge in [0.1, 0.15) is 0 Å². The Bertz CT molecular complexity index is 755. The number of nitrogens with one attached hydrogen (secondary N) is 1. The summed E-state index contributed by atoms with van der Waals surface area (Å²) in [5, 5.41) is 13.8. The summed E-state index contributed by atoms with van der Waals surface area (Å²) in [5.74, 6) is -0.227. The van der Waals surface area contributed by atoms with E-state index >= 15 is 0 Å². The molecule has 0 saturated carbocycles. The molecule has 25 heavy (non-hydrogen) atoms. The first-order valence-electron chi connectivity index (χ1n) is 8.30. The average molecular weight is 369 g/mol. The number of nitro benzene ring substituents is 1. The Labute approximate surface area is 147 Å². The average Bonchev–Trinajstić information content (AvgIpc) is 2.59. The van der Waals surface area contributed by atoms with E-state index in [-0.39, 0.29) is 35.5 Å². The lowest BCUT2D eigenvalue weighted by Gasteiger charge is -2.30. The van der Waals surface area contributed by atoms with Crippen molar-refractivity contribution in [1.29, 1.82) is 0 Å². The normalized spacial score (nSPS) is 16.6. The molecule has 1 amide bonds. The molecule has 8 nitrogen and oxygen atoms in total. The molecule has 1 N–H and O–H groups in total. The fourth-order valence-corrected chi connectivity index (χ4v) is 4.58. The number of piperidine rings is 1. The number of nitro groups is 1. The van der Waals surface area contributed by atoms with Gasteiger partial charge in [0, 0.05) is 37.7 Å². The Morgan fingerprint density at radius 2 is 2.00 bits per heavy atom. The molecule has 0 aromatic heterocycles. The van der Waals surface area contributed by atoms with Crippen molar-refractivity contribution in [2.45, 2.75) is 38.0 Å². The molecule has 0 bridgehead atoms. The summed E-state index contributed by atoms with van der Waals surface area (Å²) < 4.78 is 27.0. The third-order valence-corrected chi connectivity index (χ3v) is 6.41. The second kappa shape index (κ2) is 7.92. The highest BCUT2D eigenvalue weighted by molar-refractivity contribution is 7.89. The molecule has 0 aliphatic carbocycles. The van der Waals surface area contributed by atoms with Crippen molar-refractivity contribution in [3.8, 4) is 0 Å². The number of sulfonamides is 1. The van der Waals surface area contributed by atoms with Gasteiger partial charge < -0.3 is 5.32 Å². The van der Waals surface area contributed by atoms with Crippen LogP contribution >= 0.6 is 0 Å². The summed E-state index contributed by atoms with van der Waals surface area (Å²) in [6.07, 6.45) is 1.75. The van der Waals surface area contributed by atoms with E-state index in [4.69, 9.17) is 0 Å². The highest BCUT2D eigenvalue weighted by Gasteiger charge is 2.33. The molecule has 1 saturated heterocycles. The van der Waals surface area contributed by atoms with Crippen LogP contribution in [0, 0.1) is 23.0 Å². The lowest BCUT2D eigenvalue weighted by Crippen LogP contribution is -2.43. The maximum atomic E-state index is 12.8. The molecule has 0 radical (unpaired) electrons. The van der Waals surface area contributed by atoms with Gasteiger partial charge in [-0.1, -0.05) is 13.0 Å². The number of benzene rings is 1. The highest BCUT2D eigenvalue weighted by atomic mass is 32.2. The zero-order chi connectivity index (χ0) is 18.6. The van der Waals surface area contributed by atoms with Gasteiger partial charge in [0.2, 0.25) is 15.9 Å². The third kappa shape index (κ3) is 4.35. The summed E-state index contributed by atoms with van der Waals surface area (Å²) in [6, 6.07) is 3.83. The zero-order valence-electron chi connectivity index (χ0n) is 14.4. The SMILES string of the molecule is CCCNC(=O)C1CCN(S(=O)(=O)c2cc([N+](=O)[O-])ccc2C)CC1. The van der Waals surface area contributed by atoms with Crippen LogP contribution < -0.4 is 5.32 Å². The number of non-ortho nitro benzene ring substituents is 1. The number of hydrogen-bond donors (Lipinski definition) is 1. The van der Waals surface area contributed by atoms with Crippen LogP contribution in [0.3, 0.4) is 0 Å². The molecule has 2 rings (SSSR count). The first kappa shape index (κ1) is 19.3. The van der Waals surface area contributed by atoms with E-state index in [2.05, 4.69) is 5.32 Å². The molecule has 0 atom stereocenters. The van der Waals surface area contributed by atoms with Crippen LogP contribution in [-0.2, 0) is 14.8 Å². The monoisotopic (exact) mass is 369 g/mol. The zero-order valence-corrected chi connectivity index (χ0v) is 15.2. The van der Waals surface area contributed by atoms with E-state index < -0.39 is 14.9 Å². The Morgan fingerprint density at radius 1 is 1.36 bits per heavy atom. The molecule has 1 aromatic carbocycles. The Hall–Kier alpha value is -2.00. The Morgan fingerprint density at radius 3 is 2.56 bits per heavy atom. The lowest BCUT2D eigenvalue weighted by molar-refractivity contribution is -0.385. The number of hydrogen-bond acceptors (Lipinski definition) is 5. The number of nitrogens with zero attached hydrogens (tertiary/aromatic N) is 2. The van der Waals surface area contributed by atoms with Crippen LogP contribution in [0.4, 0.5) is 5.69 Å². The largest absolute Gasteiger partial charge is 0.356 e. The van der Waals surface area contributed by atoms with Crippen LogP contribution in [-0.4, -0.2) is 43.2 Å². The molecular formula is C16H23N3O5S. The quantitative estimate of drug-likeness (QED) is 0.608. The fourth-order valence-electron chi connectivity index (χ4n) is 2.87. The minimum absolute atomic E-state index is 0.0366. The van der Waals surface area contributed by atoms with Crippen molar-refractivity contribution >= 4 is 21.6 Å². The van der Waals surface area contributed by atoms with E-state index in [0.717, 1.165) is 12.5 Å². The van der Waals surface area contributed by atoms with Crippen LogP contribution in [0.15, 0.2) is 23.1 Å². The van der Waals surface area contributed by atoms with E-state index in [1.54, 1.807) is 6.92 Å². The summed E-state index contributed by atoms with van der Waals surface area (Å²) in [6.45, 7) is 4.66. The number of rotatable bonds is 6. The Balaban J connectivity index is 2.13. The van der Waals surface area contributed by atoms with E-state index in [1.165, 1.54) is 16.4 Å². The molecule has 1 aromatic rings. The predicted molar refractivity (Wildman–Crippen MR) is 92.6 cm³/mol. The van der Waals surface area contributed by atoms with Crippen molar-refractivity contribution in [3.05, 3.63) is 33.9 Å². The van der Waals surface area contributed by atoms with Gasteiger partial charge in [-0.05, 0) is 31.7 Å². The van der Waals surface area contributed by atoms with Crippen molar-refractivity contribution in [2.24, 2.45) is 5.92 Å². The van der Waals surface area contributed by atoms with Crippen molar-refractivity contribution in [2.75, 3.05) is 19.6 Å². The van der Waals surface area contributed by atoms with Gasteiger partial charge in [0.05, 0.1) is 9.82 Å². The summed E-state index contributed by atoms with van der Waals surface area (Å²) in [4.78, 5) is 22.3. The van der Waals surface area contributed by atoms with Crippen LogP contribution in [0.5, 0.6) is 0 Å². The molecule has 138 valence electrons. The van der Waals surface area contributed by atoms with Gasteiger partial charge in [-0.3, -0.25) is 14.9 Å². The summed E-state index contributed by atoms with van der Waals surface area (Å²) >= 11 is 0. The molecule has 1 aliphatic heterocycles. The van der Waals surface area contributed by atoms with Gasteiger partial charge in [-0.15, -0.1) is 0 Å². The standard InChI is InChI=1S/C16H23N3O5S/c1-3-8-17-16(20)13-6-9-18(10-7-13)25(23,24)15-11-14(19(21)22)5-4-12(15)2/h4-5,11,13H,3,6-10H2,1-2H3,(H,17,20). The molecule has 0 unspecified atom stereocenters. The van der Waals surface area contributed by atoms with Gasteiger partial charge in [0.25, 0.3) is 5.69 Å². The minimum Gasteiger partial charge on any atom is -0.356 e. The fraction of sp³-hybridized carbons (Fsp3) is 0.562. The number of carbonyl (C=O) groups is 1. The maximum Gasteiger partial charge on any atom is 0.270 e. The molecule has 9 heteroatoms. The van der Waals surface area contributed by atoms with Crippen LogP contribution in [0.25, 0.3) is 0 Å². The minimum atomic E-state index is -3.82. The summed E-state index contributed by atoms with van der Waals surface area (Å²) in [5.41, 5.74) is 0.214. The van der Waals surface area contributed by atoms with Crippen LogP contribution in [0.1, 0.15) is 31.7 Å². The molecule has 1 heterocycles. The molecular weight excluding hydrogens is 346 g/mol. The second-order valence-corrected chi connectivity index (χ2v) is 8.08. The number of amides is 1. The molecule has 1 fully saturated rings. The van der Waals surface area contributed by atoms with Crippen LogP contribution in [0.2, 0.25) is 0 Å². The van der Waals surface area contributed by atoms with Crippen molar-refractivity contribution in [1.82, 2.24) is 9.62 Å². The lowest BCUT2D eigenvalue weighted by atomic mass is 9.97. The third-order valence-electron chi connectivity index (χ3n) is 4.37. The van der Waals surface area contributed by atoms with E-state index in [9.17, 15) is 23.3 Å². The predicted octanol–water partition coefficient (Wildman–Crippen LogP) is 1.83. The Kier molecular flexibility index (Phi) is 6.12.